The fraction of sp³-hybridized carbons (Fsp3) is 0.583. The van der Waals surface area contributed by atoms with Crippen LogP contribution in [0.3, 0.4) is 0 Å². The Morgan fingerprint density at radius 1 is 1.38 bits per heavy atom. The third-order valence-corrected chi connectivity index (χ3v) is 2.63. The van der Waals surface area contributed by atoms with E-state index in [1.54, 1.807) is 0 Å². The van der Waals surface area contributed by atoms with E-state index in [0.29, 0.717) is 0 Å². The van der Waals surface area contributed by atoms with E-state index in [4.69, 9.17) is 4.74 Å². The molecule has 0 unspecified atom stereocenters. The summed E-state index contributed by atoms with van der Waals surface area (Å²) in [6, 6.07) is 6.12. The Morgan fingerprint density at radius 2 is 2.19 bits per heavy atom. The highest BCUT2D eigenvalue weighted by Gasteiger charge is 2.12. The summed E-state index contributed by atoms with van der Waals surface area (Å²) in [5.74, 6) is 2.01. The fourth-order valence-electron chi connectivity index (χ4n) is 1.74. The third kappa shape index (κ3) is 2.85. The summed E-state index contributed by atoms with van der Waals surface area (Å²) in [5.41, 5.74) is 0. The maximum atomic E-state index is 5.33. The molecule has 1 aromatic heterocycles. The number of anilines is 2. The predicted molar refractivity (Wildman–Crippen MR) is 66.0 cm³/mol. The van der Waals surface area contributed by atoms with Crippen LogP contribution in [0.5, 0.6) is 0 Å². The van der Waals surface area contributed by atoms with E-state index in [9.17, 15) is 0 Å². The van der Waals surface area contributed by atoms with Gasteiger partial charge in [-0.05, 0) is 18.6 Å². The first-order valence-corrected chi connectivity index (χ1v) is 5.94. The van der Waals surface area contributed by atoms with E-state index >= 15 is 0 Å². The van der Waals surface area contributed by atoms with Crippen molar-refractivity contribution in [3.05, 3.63) is 18.2 Å². The molecular weight excluding hydrogens is 202 g/mol. The van der Waals surface area contributed by atoms with Gasteiger partial charge >= 0.3 is 0 Å². The molecule has 1 aliphatic rings. The Balaban J connectivity index is 2.02. The van der Waals surface area contributed by atoms with E-state index in [2.05, 4.69) is 34.3 Å². The van der Waals surface area contributed by atoms with Crippen LogP contribution in [0.1, 0.15) is 13.3 Å². The second kappa shape index (κ2) is 5.70. The molecule has 1 saturated heterocycles. The molecule has 0 amide bonds. The lowest BCUT2D eigenvalue weighted by atomic mass is 10.3. The molecule has 2 rings (SSSR count). The monoisotopic (exact) mass is 221 g/mol. The number of hydrogen-bond donors (Lipinski definition) is 1. The van der Waals surface area contributed by atoms with Gasteiger partial charge in [0, 0.05) is 19.6 Å². The third-order valence-electron chi connectivity index (χ3n) is 2.63. The summed E-state index contributed by atoms with van der Waals surface area (Å²) in [4.78, 5) is 6.86. The maximum absolute atomic E-state index is 5.33. The first-order chi connectivity index (χ1) is 7.90. The highest BCUT2D eigenvalue weighted by molar-refractivity contribution is 5.47. The van der Waals surface area contributed by atoms with Gasteiger partial charge in [-0.1, -0.05) is 13.0 Å². The van der Waals surface area contributed by atoms with E-state index in [1.165, 1.54) is 0 Å². The molecule has 16 heavy (non-hydrogen) atoms. The molecule has 88 valence electrons. The van der Waals surface area contributed by atoms with Gasteiger partial charge in [-0.15, -0.1) is 0 Å². The van der Waals surface area contributed by atoms with Crippen LogP contribution in [-0.4, -0.2) is 37.8 Å². The quantitative estimate of drug-likeness (QED) is 0.840. The van der Waals surface area contributed by atoms with Gasteiger partial charge in [0.1, 0.15) is 11.6 Å². The lowest BCUT2D eigenvalue weighted by Crippen LogP contribution is -2.36. The first-order valence-electron chi connectivity index (χ1n) is 5.94. The topological polar surface area (TPSA) is 37.4 Å². The van der Waals surface area contributed by atoms with Crippen molar-refractivity contribution in [3.63, 3.8) is 0 Å². The van der Waals surface area contributed by atoms with Crippen molar-refractivity contribution in [1.29, 1.82) is 0 Å². The molecule has 0 saturated carbocycles. The van der Waals surface area contributed by atoms with Gasteiger partial charge in [0.2, 0.25) is 0 Å². The Labute approximate surface area is 96.6 Å². The number of pyridine rings is 1. The molecule has 1 aromatic rings. The molecule has 0 aliphatic carbocycles. The minimum Gasteiger partial charge on any atom is -0.378 e. The van der Waals surface area contributed by atoms with Crippen molar-refractivity contribution in [2.45, 2.75) is 13.3 Å². The van der Waals surface area contributed by atoms with Crippen molar-refractivity contribution < 1.29 is 4.74 Å². The second-order valence-corrected chi connectivity index (χ2v) is 3.91. The zero-order valence-corrected chi connectivity index (χ0v) is 9.78. The molecule has 4 heteroatoms. The molecular formula is C12H19N3O. The molecule has 0 bridgehead atoms. The first kappa shape index (κ1) is 11.2. The Morgan fingerprint density at radius 3 is 2.94 bits per heavy atom. The average molecular weight is 221 g/mol. The van der Waals surface area contributed by atoms with E-state index in [0.717, 1.165) is 50.9 Å². The molecule has 1 N–H and O–H groups in total. The van der Waals surface area contributed by atoms with Crippen LogP contribution in [0.25, 0.3) is 0 Å². The molecule has 1 fully saturated rings. The molecule has 0 atom stereocenters. The van der Waals surface area contributed by atoms with Crippen molar-refractivity contribution in [3.8, 4) is 0 Å². The number of morpholine rings is 1. The molecule has 1 aliphatic heterocycles. The lowest BCUT2D eigenvalue weighted by Gasteiger charge is -2.28. The summed E-state index contributed by atoms with van der Waals surface area (Å²) in [5, 5.41) is 3.30. The van der Waals surface area contributed by atoms with Gasteiger partial charge in [0.25, 0.3) is 0 Å². The van der Waals surface area contributed by atoms with Crippen molar-refractivity contribution >= 4 is 11.6 Å². The van der Waals surface area contributed by atoms with Gasteiger partial charge in [0.05, 0.1) is 13.2 Å². The van der Waals surface area contributed by atoms with Gasteiger partial charge in [-0.2, -0.15) is 0 Å². The predicted octanol–water partition coefficient (Wildman–Crippen LogP) is 1.74. The minimum absolute atomic E-state index is 0.800. The van der Waals surface area contributed by atoms with E-state index in [-0.39, 0.29) is 0 Å². The summed E-state index contributed by atoms with van der Waals surface area (Å²) in [6.07, 6.45) is 1.11. The zero-order chi connectivity index (χ0) is 11.2. The van der Waals surface area contributed by atoms with Crippen LogP contribution in [0, 0.1) is 0 Å². The Bertz CT molecular complexity index is 324. The molecule has 2 heterocycles. The van der Waals surface area contributed by atoms with E-state index in [1.807, 2.05) is 6.07 Å². The maximum Gasteiger partial charge on any atom is 0.131 e. The Hall–Kier alpha value is -1.29. The van der Waals surface area contributed by atoms with Crippen LogP contribution in [0.15, 0.2) is 18.2 Å². The van der Waals surface area contributed by atoms with Crippen LogP contribution >= 0.6 is 0 Å². The number of rotatable bonds is 4. The van der Waals surface area contributed by atoms with Crippen LogP contribution in [0.4, 0.5) is 11.6 Å². The van der Waals surface area contributed by atoms with Crippen molar-refractivity contribution in [2.75, 3.05) is 43.1 Å². The standard InChI is InChI=1S/C12H19N3O/c1-2-6-13-11-4-3-5-12(14-11)15-7-9-16-10-8-15/h3-5H,2,6-10H2,1H3,(H,13,14). The van der Waals surface area contributed by atoms with Crippen LogP contribution in [0.2, 0.25) is 0 Å². The number of aromatic nitrogens is 1. The normalized spacial score (nSPS) is 16.2. The zero-order valence-electron chi connectivity index (χ0n) is 9.78. The smallest absolute Gasteiger partial charge is 0.131 e. The highest BCUT2D eigenvalue weighted by Crippen LogP contribution is 2.15. The van der Waals surface area contributed by atoms with Crippen molar-refractivity contribution in [1.82, 2.24) is 4.98 Å². The number of nitrogens with one attached hydrogen (secondary N) is 1. The molecule has 0 aromatic carbocycles. The van der Waals surface area contributed by atoms with Gasteiger partial charge in [0.15, 0.2) is 0 Å². The SMILES string of the molecule is CCCNc1cccc(N2CCOCC2)n1. The van der Waals surface area contributed by atoms with Crippen molar-refractivity contribution in [2.24, 2.45) is 0 Å². The number of hydrogen-bond acceptors (Lipinski definition) is 4. The summed E-state index contributed by atoms with van der Waals surface area (Å²) in [6.45, 7) is 6.59. The largest absolute Gasteiger partial charge is 0.378 e. The summed E-state index contributed by atoms with van der Waals surface area (Å²) < 4.78 is 5.33. The summed E-state index contributed by atoms with van der Waals surface area (Å²) in [7, 11) is 0. The molecule has 4 nitrogen and oxygen atoms in total. The Kier molecular flexibility index (Phi) is 3.99. The van der Waals surface area contributed by atoms with Gasteiger partial charge in [-0.3, -0.25) is 0 Å². The second-order valence-electron chi connectivity index (χ2n) is 3.91. The van der Waals surface area contributed by atoms with E-state index < -0.39 is 0 Å². The minimum atomic E-state index is 0.800. The lowest BCUT2D eigenvalue weighted by molar-refractivity contribution is 0.122. The van der Waals surface area contributed by atoms with Crippen LogP contribution in [-0.2, 0) is 4.74 Å². The van der Waals surface area contributed by atoms with Gasteiger partial charge in [-0.25, -0.2) is 4.98 Å². The number of ether oxygens (including phenoxy) is 1. The van der Waals surface area contributed by atoms with Gasteiger partial charge < -0.3 is 15.0 Å². The summed E-state index contributed by atoms with van der Waals surface area (Å²) >= 11 is 0. The number of nitrogens with zero attached hydrogens (tertiary/aromatic N) is 2. The van der Waals surface area contributed by atoms with Crippen LogP contribution < -0.4 is 10.2 Å². The average Bonchev–Trinajstić information content (AvgIpc) is 2.38. The molecule has 0 spiro atoms. The highest BCUT2D eigenvalue weighted by atomic mass is 16.5. The molecule has 0 radical (unpaired) electrons. The fourth-order valence-corrected chi connectivity index (χ4v) is 1.74.